The van der Waals surface area contributed by atoms with Crippen LogP contribution in [0, 0.1) is 22.7 Å². The molecule has 1 N–H and O–H groups in total. The van der Waals surface area contributed by atoms with E-state index in [0.29, 0.717) is 22.7 Å². The fourth-order valence-corrected chi connectivity index (χ4v) is 2.00. The standard InChI is InChI=1S/C18H13F3N4O2/c1-26-17-8-14(24-25-15(9-22)10-23)6-7-16(17)27-11-12-2-4-13(5-3-12)18(19,20)21/h2-8,24H,11H2,1H3. The van der Waals surface area contributed by atoms with Crippen molar-refractivity contribution in [2.24, 2.45) is 5.10 Å². The van der Waals surface area contributed by atoms with Gasteiger partial charge in [-0.2, -0.15) is 28.8 Å². The summed E-state index contributed by atoms with van der Waals surface area (Å²) in [6, 6.07) is 12.6. The second-order valence-electron chi connectivity index (χ2n) is 5.14. The van der Waals surface area contributed by atoms with E-state index in [4.69, 9.17) is 20.0 Å². The Kier molecular flexibility index (Phi) is 6.23. The van der Waals surface area contributed by atoms with E-state index in [1.54, 1.807) is 24.3 Å². The number of alkyl halides is 3. The fourth-order valence-electron chi connectivity index (χ4n) is 2.00. The molecule has 0 bridgehead atoms. The largest absolute Gasteiger partial charge is 0.493 e. The van der Waals surface area contributed by atoms with Crippen LogP contribution in [0.3, 0.4) is 0 Å². The molecule has 138 valence electrons. The summed E-state index contributed by atoms with van der Waals surface area (Å²) >= 11 is 0. The first-order chi connectivity index (χ1) is 12.9. The summed E-state index contributed by atoms with van der Waals surface area (Å²) in [6.07, 6.45) is -4.38. The molecule has 0 unspecified atom stereocenters. The molecule has 0 aliphatic heterocycles. The number of rotatable bonds is 6. The summed E-state index contributed by atoms with van der Waals surface area (Å²) < 4.78 is 48.5. The van der Waals surface area contributed by atoms with Crippen LogP contribution in [0.4, 0.5) is 18.9 Å². The first-order valence-corrected chi connectivity index (χ1v) is 7.48. The highest BCUT2D eigenvalue weighted by molar-refractivity contribution is 6.10. The molecule has 0 spiro atoms. The Morgan fingerprint density at radius 2 is 1.74 bits per heavy atom. The zero-order valence-electron chi connectivity index (χ0n) is 14.0. The molecule has 0 fully saturated rings. The summed E-state index contributed by atoms with van der Waals surface area (Å²) in [5.41, 5.74) is 2.49. The van der Waals surface area contributed by atoms with E-state index < -0.39 is 11.7 Å². The summed E-state index contributed by atoms with van der Waals surface area (Å²) in [5, 5.41) is 20.9. The molecule has 9 heteroatoms. The van der Waals surface area contributed by atoms with Crippen LogP contribution in [0.5, 0.6) is 11.5 Å². The van der Waals surface area contributed by atoms with Crippen molar-refractivity contribution in [2.75, 3.05) is 12.5 Å². The van der Waals surface area contributed by atoms with E-state index in [2.05, 4.69) is 10.5 Å². The van der Waals surface area contributed by atoms with Gasteiger partial charge in [0.15, 0.2) is 11.5 Å². The minimum Gasteiger partial charge on any atom is -0.493 e. The molecule has 0 aliphatic rings. The second-order valence-corrected chi connectivity index (χ2v) is 5.14. The van der Waals surface area contributed by atoms with Crippen molar-refractivity contribution in [1.29, 1.82) is 10.5 Å². The second kappa shape index (κ2) is 8.59. The van der Waals surface area contributed by atoms with Crippen LogP contribution in [0.15, 0.2) is 47.6 Å². The first-order valence-electron chi connectivity index (χ1n) is 7.48. The quantitative estimate of drug-likeness (QED) is 0.607. The summed E-state index contributed by atoms with van der Waals surface area (Å²) in [4.78, 5) is 0. The minimum atomic E-state index is -4.38. The van der Waals surface area contributed by atoms with E-state index in [0.717, 1.165) is 12.1 Å². The van der Waals surface area contributed by atoms with Crippen molar-refractivity contribution in [1.82, 2.24) is 0 Å². The molecule has 6 nitrogen and oxygen atoms in total. The van der Waals surface area contributed by atoms with Crippen LogP contribution in [0.2, 0.25) is 0 Å². The monoisotopic (exact) mass is 374 g/mol. The molecule has 0 heterocycles. The van der Waals surface area contributed by atoms with Gasteiger partial charge in [0.25, 0.3) is 0 Å². The lowest BCUT2D eigenvalue weighted by Gasteiger charge is -2.13. The number of nitriles is 2. The van der Waals surface area contributed by atoms with Crippen molar-refractivity contribution >= 4 is 11.4 Å². The molecule has 2 aromatic rings. The molecule has 0 amide bonds. The third kappa shape index (κ3) is 5.38. The average molecular weight is 374 g/mol. The van der Waals surface area contributed by atoms with Gasteiger partial charge in [0.1, 0.15) is 18.7 Å². The van der Waals surface area contributed by atoms with Crippen molar-refractivity contribution < 1.29 is 22.6 Å². The maximum Gasteiger partial charge on any atom is 0.416 e. The van der Waals surface area contributed by atoms with Crippen molar-refractivity contribution in [2.45, 2.75) is 12.8 Å². The number of nitrogens with one attached hydrogen (secondary N) is 1. The van der Waals surface area contributed by atoms with E-state index >= 15 is 0 Å². The van der Waals surface area contributed by atoms with Gasteiger partial charge in [0.05, 0.1) is 18.4 Å². The van der Waals surface area contributed by atoms with Gasteiger partial charge < -0.3 is 9.47 Å². The highest BCUT2D eigenvalue weighted by Gasteiger charge is 2.29. The third-order valence-electron chi connectivity index (χ3n) is 3.35. The minimum absolute atomic E-state index is 0.0481. The van der Waals surface area contributed by atoms with E-state index in [1.807, 2.05) is 0 Å². The lowest BCUT2D eigenvalue weighted by molar-refractivity contribution is -0.137. The maximum absolute atomic E-state index is 12.6. The summed E-state index contributed by atoms with van der Waals surface area (Å²) in [6.45, 7) is 0.0481. The number of hydrazone groups is 1. The molecular weight excluding hydrogens is 361 g/mol. The number of nitrogens with zero attached hydrogens (tertiary/aromatic N) is 3. The summed E-state index contributed by atoms with van der Waals surface area (Å²) in [5.74, 6) is 0.713. The number of halogens is 3. The Morgan fingerprint density at radius 1 is 1.07 bits per heavy atom. The normalized spacial score (nSPS) is 10.3. The van der Waals surface area contributed by atoms with Crippen molar-refractivity contribution in [3.63, 3.8) is 0 Å². The first kappa shape index (κ1) is 19.6. The smallest absolute Gasteiger partial charge is 0.416 e. The zero-order valence-corrected chi connectivity index (χ0v) is 14.0. The molecule has 0 saturated heterocycles. The molecular formula is C18H13F3N4O2. The van der Waals surface area contributed by atoms with Gasteiger partial charge >= 0.3 is 6.18 Å². The van der Waals surface area contributed by atoms with Gasteiger partial charge in [-0.3, -0.25) is 5.43 Å². The van der Waals surface area contributed by atoms with Crippen LogP contribution in [-0.2, 0) is 12.8 Å². The molecule has 0 aliphatic carbocycles. The van der Waals surface area contributed by atoms with E-state index in [-0.39, 0.29) is 12.3 Å². The average Bonchev–Trinajstić information content (AvgIpc) is 2.67. The summed E-state index contributed by atoms with van der Waals surface area (Å²) in [7, 11) is 1.42. The predicted molar refractivity (Wildman–Crippen MR) is 91.1 cm³/mol. The highest BCUT2D eigenvalue weighted by atomic mass is 19.4. The SMILES string of the molecule is COc1cc(NN=C(C#N)C#N)ccc1OCc1ccc(C(F)(F)F)cc1. The van der Waals surface area contributed by atoms with Crippen molar-refractivity contribution in [3.8, 4) is 23.6 Å². The molecule has 27 heavy (non-hydrogen) atoms. The Labute approximate surface area is 153 Å². The predicted octanol–water partition coefficient (Wildman–Crippen LogP) is 4.11. The Balaban J connectivity index is 2.07. The molecule has 0 saturated carbocycles. The van der Waals surface area contributed by atoms with Crippen LogP contribution < -0.4 is 14.9 Å². The highest BCUT2D eigenvalue weighted by Crippen LogP contribution is 2.32. The van der Waals surface area contributed by atoms with Crippen LogP contribution in [0.1, 0.15) is 11.1 Å². The van der Waals surface area contributed by atoms with Crippen LogP contribution >= 0.6 is 0 Å². The van der Waals surface area contributed by atoms with Crippen LogP contribution in [0.25, 0.3) is 0 Å². The number of hydrogen-bond acceptors (Lipinski definition) is 6. The lowest BCUT2D eigenvalue weighted by Crippen LogP contribution is -2.05. The van der Waals surface area contributed by atoms with Gasteiger partial charge in [0, 0.05) is 6.07 Å². The van der Waals surface area contributed by atoms with Gasteiger partial charge in [-0.05, 0) is 29.8 Å². The zero-order chi connectivity index (χ0) is 19.9. The number of hydrogen-bond donors (Lipinski definition) is 1. The Morgan fingerprint density at radius 3 is 2.30 bits per heavy atom. The number of methoxy groups -OCH3 is 1. The van der Waals surface area contributed by atoms with Gasteiger partial charge in [-0.25, -0.2) is 0 Å². The topological polar surface area (TPSA) is 90.4 Å². The number of anilines is 1. The van der Waals surface area contributed by atoms with E-state index in [1.165, 1.54) is 25.3 Å². The molecule has 2 rings (SSSR count). The van der Waals surface area contributed by atoms with Crippen molar-refractivity contribution in [3.05, 3.63) is 53.6 Å². The fraction of sp³-hybridized carbons (Fsp3) is 0.167. The number of ether oxygens (including phenoxy) is 2. The maximum atomic E-state index is 12.6. The Bertz CT molecular complexity index is 894. The molecule has 0 atom stereocenters. The van der Waals surface area contributed by atoms with E-state index in [9.17, 15) is 13.2 Å². The van der Waals surface area contributed by atoms with Crippen LogP contribution in [-0.4, -0.2) is 12.8 Å². The van der Waals surface area contributed by atoms with Gasteiger partial charge in [-0.1, -0.05) is 12.1 Å². The lowest BCUT2D eigenvalue weighted by atomic mass is 10.1. The number of benzene rings is 2. The molecule has 0 aromatic heterocycles. The van der Waals surface area contributed by atoms with Gasteiger partial charge in [-0.15, -0.1) is 0 Å². The third-order valence-corrected chi connectivity index (χ3v) is 3.35. The Hall–Kier alpha value is -3.72. The van der Waals surface area contributed by atoms with Gasteiger partial charge in [0.2, 0.25) is 5.71 Å². The molecule has 0 radical (unpaired) electrons. The molecule has 2 aromatic carbocycles.